The Morgan fingerprint density at radius 2 is 1.57 bits per heavy atom. The summed E-state index contributed by atoms with van der Waals surface area (Å²) in [5, 5.41) is 9.01. The van der Waals surface area contributed by atoms with Crippen LogP contribution in [-0.4, -0.2) is 23.4 Å². The van der Waals surface area contributed by atoms with Crippen LogP contribution in [0.4, 0.5) is 0 Å². The van der Waals surface area contributed by atoms with E-state index < -0.39 is 0 Å². The van der Waals surface area contributed by atoms with Crippen molar-refractivity contribution in [1.29, 1.82) is 0 Å². The monoisotopic (exact) mass is 498 g/mol. The number of aromatic nitrogens is 2. The molecule has 0 aliphatic heterocycles. The fraction of sp³-hybridized carbons (Fsp3) is 0.364. The number of carbonyl (C=O) groups is 2. The minimum atomic E-state index is 0.901. The molecule has 196 valence electrons. The second-order valence-corrected chi connectivity index (χ2v) is 9.19. The number of carbonyl (C=O) groups excluding carboxylic acids is 2. The maximum Gasteiger partial charge on any atom is 0.106 e. The minimum absolute atomic E-state index is 0.901. The standard InChI is InChI=1S/C31H38N2.2CH2O/c1-4-7-8-13-24(12-5-2)22-25-18-21-31-29(23-25)30(32-33(31)6-3)20-19-27-16-11-15-26-14-9-10-17-28(26)27;2*1-2/h9-11,14-18,21-23H,4-8,12-13,19-20H2,1-3H3;2*1H2/b24-22-;;. The first-order valence-corrected chi connectivity index (χ1v) is 13.5. The molecule has 0 radical (unpaired) electrons. The lowest BCUT2D eigenvalue weighted by Crippen LogP contribution is -1.98. The molecule has 0 aliphatic carbocycles. The van der Waals surface area contributed by atoms with E-state index in [9.17, 15) is 0 Å². The van der Waals surface area contributed by atoms with E-state index in [4.69, 9.17) is 14.7 Å². The number of allylic oxidation sites excluding steroid dienone is 1. The smallest absolute Gasteiger partial charge is 0.106 e. The molecule has 0 saturated carbocycles. The minimum Gasteiger partial charge on any atom is -0.307 e. The maximum atomic E-state index is 8.00. The average molecular weight is 499 g/mol. The van der Waals surface area contributed by atoms with Gasteiger partial charge in [-0.15, -0.1) is 0 Å². The van der Waals surface area contributed by atoms with Gasteiger partial charge in [0, 0.05) is 11.9 Å². The highest BCUT2D eigenvalue weighted by molar-refractivity contribution is 5.86. The molecule has 1 heterocycles. The van der Waals surface area contributed by atoms with Gasteiger partial charge in [0.2, 0.25) is 0 Å². The molecule has 3 aromatic carbocycles. The molecule has 1 aromatic heterocycles. The van der Waals surface area contributed by atoms with Crippen LogP contribution in [0.15, 0.2) is 66.2 Å². The van der Waals surface area contributed by atoms with Gasteiger partial charge in [0.05, 0.1) is 11.2 Å². The molecule has 0 aliphatic rings. The third-order valence-electron chi connectivity index (χ3n) is 6.70. The van der Waals surface area contributed by atoms with Crippen LogP contribution in [0.3, 0.4) is 0 Å². The number of hydrogen-bond acceptors (Lipinski definition) is 3. The van der Waals surface area contributed by atoms with E-state index in [0.29, 0.717) is 0 Å². The summed E-state index contributed by atoms with van der Waals surface area (Å²) in [5.41, 5.74) is 6.79. The summed E-state index contributed by atoms with van der Waals surface area (Å²) in [7, 11) is 0. The molecular weight excluding hydrogens is 456 g/mol. The largest absolute Gasteiger partial charge is 0.307 e. The normalized spacial score (nSPS) is 11.1. The molecule has 0 N–H and O–H groups in total. The van der Waals surface area contributed by atoms with Gasteiger partial charge in [-0.25, -0.2) is 0 Å². The fourth-order valence-electron chi connectivity index (χ4n) is 4.97. The Morgan fingerprint density at radius 3 is 2.30 bits per heavy atom. The molecule has 0 bridgehead atoms. The van der Waals surface area contributed by atoms with E-state index in [0.717, 1.165) is 19.4 Å². The van der Waals surface area contributed by atoms with Crippen molar-refractivity contribution in [2.75, 3.05) is 0 Å². The SMILES string of the molecule is C=O.C=O.CCCCC/C(=C\c1ccc2c(c1)c(CCc1cccc3ccccc13)nn2CC)CCC. The van der Waals surface area contributed by atoms with Crippen molar-refractivity contribution in [3.8, 4) is 0 Å². The van der Waals surface area contributed by atoms with Gasteiger partial charge in [-0.3, -0.25) is 4.68 Å². The third kappa shape index (κ3) is 7.98. The zero-order valence-electron chi connectivity index (χ0n) is 22.8. The lowest BCUT2D eigenvalue weighted by Gasteiger charge is -2.07. The third-order valence-corrected chi connectivity index (χ3v) is 6.70. The number of aryl methyl sites for hydroxylation is 3. The van der Waals surface area contributed by atoms with Crippen molar-refractivity contribution in [2.45, 2.75) is 78.7 Å². The molecule has 4 aromatic rings. The first kappa shape index (κ1) is 29.7. The lowest BCUT2D eigenvalue weighted by atomic mass is 9.98. The maximum absolute atomic E-state index is 8.00. The number of nitrogens with zero attached hydrogens (tertiary/aromatic N) is 2. The van der Waals surface area contributed by atoms with Crippen molar-refractivity contribution >= 4 is 41.3 Å². The zero-order chi connectivity index (χ0) is 27.0. The quantitative estimate of drug-likeness (QED) is 0.195. The predicted octanol–water partition coefficient (Wildman–Crippen LogP) is 8.39. The van der Waals surface area contributed by atoms with Crippen LogP contribution in [0.1, 0.15) is 76.1 Å². The molecular formula is C33H42N2O2. The highest BCUT2D eigenvalue weighted by atomic mass is 16.1. The molecule has 37 heavy (non-hydrogen) atoms. The van der Waals surface area contributed by atoms with Crippen molar-refractivity contribution in [1.82, 2.24) is 9.78 Å². The van der Waals surface area contributed by atoms with E-state index in [1.807, 2.05) is 13.6 Å². The molecule has 4 rings (SSSR count). The number of unbranched alkanes of at least 4 members (excludes halogenated alkanes) is 2. The molecule has 0 amide bonds. The van der Waals surface area contributed by atoms with Gasteiger partial charge in [0.1, 0.15) is 13.6 Å². The van der Waals surface area contributed by atoms with Crippen molar-refractivity contribution < 1.29 is 9.59 Å². The van der Waals surface area contributed by atoms with Crippen LogP contribution in [0.25, 0.3) is 27.8 Å². The predicted molar refractivity (Wildman–Crippen MR) is 158 cm³/mol. The van der Waals surface area contributed by atoms with Crippen LogP contribution in [0.2, 0.25) is 0 Å². The molecule has 0 saturated heterocycles. The topological polar surface area (TPSA) is 52.0 Å². The average Bonchev–Trinajstić information content (AvgIpc) is 3.31. The molecule has 0 fully saturated rings. The Bertz CT molecular complexity index is 1260. The summed E-state index contributed by atoms with van der Waals surface area (Å²) < 4.78 is 2.16. The molecule has 0 spiro atoms. The fourth-order valence-corrected chi connectivity index (χ4v) is 4.97. The number of benzene rings is 3. The van der Waals surface area contributed by atoms with Crippen LogP contribution in [0, 0.1) is 0 Å². The molecule has 0 atom stereocenters. The van der Waals surface area contributed by atoms with Crippen LogP contribution >= 0.6 is 0 Å². The Balaban J connectivity index is 0.00000115. The summed E-state index contributed by atoms with van der Waals surface area (Å²) in [5.74, 6) is 0. The van der Waals surface area contributed by atoms with E-state index in [1.165, 1.54) is 77.0 Å². The van der Waals surface area contributed by atoms with Gasteiger partial charge in [-0.1, -0.05) is 93.3 Å². The van der Waals surface area contributed by atoms with Crippen LogP contribution in [0.5, 0.6) is 0 Å². The summed E-state index contributed by atoms with van der Waals surface area (Å²) >= 11 is 0. The van der Waals surface area contributed by atoms with Crippen LogP contribution < -0.4 is 0 Å². The molecule has 4 nitrogen and oxygen atoms in total. The number of fused-ring (bicyclic) bond motifs is 2. The Kier molecular flexibility index (Phi) is 13.1. The second-order valence-electron chi connectivity index (χ2n) is 9.19. The van der Waals surface area contributed by atoms with Gasteiger partial charge in [0.15, 0.2) is 0 Å². The van der Waals surface area contributed by atoms with Crippen molar-refractivity contribution in [2.24, 2.45) is 0 Å². The van der Waals surface area contributed by atoms with E-state index in [1.54, 1.807) is 5.57 Å². The first-order valence-electron chi connectivity index (χ1n) is 13.5. The van der Waals surface area contributed by atoms with Gasteiger partial charge < -0.3 is 9.59 Å². The van der Waals surface area contributed by atoms with Crippen molar-refractivity contribution in [3.63, 3.8) is 0 Å². The lowest BCUT2D eigenvalue weighted by molar-refractivity contribution is -0.0987. The van der Waals surface area contributed by atoms with E-state index >= 15 is 0 Å². The van der Waals surface area contributed by atoms with Gasteiger partial charge in [0.25, 0.3) is 0 Å². The zero-order valence-corrected chi connectivity index (χ0v) is 22.8. The summed E-state index contributed by atoms with van der Waals surface area (Å²) in [6, 6.07) is 22.3. The Morgan fingerprint density at radius 1 is 0.811 bits per heavy atom. The first-order chi connectivity index (χ1) is 18.2. The highest BCUT2D eigenvalue weighted by Gasteiger charge is 2.12. The summed E-state index contributed by atoms with van der Waals surface area (Å²) in [6.07, 6.45) is 11.9. The Hall–Kier alpha value is -3.53. The summed E-state index contributed by atoms with van der Waals surface area (Å²) in [6.45, 7) is 11.6. The molecule has 0 unspecified atom stereocenters. The van der Waals surface area contributed by atoms with Gasteiger partial charge in [-0.05, 0) is 73.1 Å². The molecule has 4 heteroatoms. The number of hydrogen-bond donors (Lipinski definition) is 0. The number of rotatable bonds is 11. The van der Waals surface area contributed by atoms with Crippen molar-refractivity contribution in [3.05, 3.63) is 83.1 Å². The summed E-state index contributed by atoms with van der Waals surface area (Å²) in [4.78, 5) is 16.0. The van der Waals surface area contributed by atoms with Gasteiger partial charge >= 0.3 is 0 Å². The van der Waals surface area contributed by atoms with E-state index in [-0.39, 0.29) is 0 Å². The Labute approximate surface area is 222 Å². The second kappa shape index (κ2) is 16.3. The van der Waals surface area contributed by atoms with Gasteiger partial charge in [-0.2, -0.15) is 5.10 Å². The van der Waals surface area contributed by atoms with Crippen LogP contribution in [-0.2, 0) is 29.0 Å². The highest BCUT2D eigenvalue weighted by Crippen LogP contribution is 2.26. The van der Waals surface area contributed by atoms with E-state index in [2.05, 4.69) is 92.2 Å².